The van der Waals surface area contributed by atoms with E-state index in [2.05, 4.69) is 53.3 Å². The molecule has 0 radical (unpaired) electrons. The van der Waals surface area contributed by atoms with E-state index in [0.29, 0.717) is 11.7 Å². The number of pyridine rings is 1. The summed E-state index contributed by atoms with van der Waals surface area (Å²) < 4.78 is 0. The van der Waals surface area contributed by atoms with Crippen LogP contribution in [-0.4, -0.2) is 15.2 Å². The van der Waals surface area contributed by atoms with E-state index in [4.69, 9.17) is 5.73 Å². The Morgan fingerprint density at radius 2 is 1.62 bits per heavy atom. The molecule has 21 heavy (non-hydrogen) atoms. The van der Waals surface area contributed by atoms with Crippen molar-refractivity contribution in [1.82, 2.24) is 15.2 Å². The van der Waals surface area contributed by atoms with Crippen LogP contribution in [0.25, 0.3) is 22.4 Å². The molecule has 0 unspecified atom stereocenters. The molecule has 0 spiro atoms. The van der Waals surface area contributed by atoms with Crippen LogP contribution in [0.1, 0.15) is 25.3 Å². The minimum atomic E-state index is 0.504. The first-order valence-electron chi connectivity index (χ1n) is 7.01. The fraction of sp³-hybridized carbons (Fsp3) is 0.176. The molecule has 3 aromatic rings. The van der Waals surface area contributed by atoms with Crippen LogP contribution in [0.4, 0.5) is 5.82 Å². The van der Waals surface area contributed by atoms with Gasteiger partial charge in [-0.1, -0.05) is 38.1 Å². The Balaban J connectivity index is 2.08. The SMILES string of the molecule is CC(C)c1ccc(-c2[nH]nc(N)c2-c2ccncc2)cc1. The maximum Gasteiger partial charge on any atom is 0.153 e. The predicted molar refractivity (Wildman–Crippen MR) is 85.8 cm³/mol. The number of anilines is 1. The van der Waals surface area contributed by atoms with Gasteiger partial charge in [0.2, 0.25) is 0 Å². The maximum absolute atomic E-state index is 6.03. The number of rotatable bonds is 3. The van der Waals surface area contributed by atoms with Crippen molar-refractivity contribution in [3.05, 3.63) is 54.4 Å². The molecule has 0 aliphatic carbocycles. The first kappa shape index (κ1) is 13.4. The molecule has 0 atom stereocenters. The Morgan fingerprint density at radius 1 is 0.952 bits per heavy atom. The van der Waals surface area contributed by atoms with Crippen molar-refractivity contribution in [2.45, 2.75) is 19.8 Å². The predicted octanol–water partition coefficient (Wildman–Crippen LogP) is 3.84. The molecule has 0 aliphatic rings. The van der Waals surface area contributed by atoms with Crippen molar-refractivity contribution in [1.29, 1.82) is 0 Å². The van der Waals surface area contributed by atoms with E-state index in [9.17, 15) is 0 Å². The Kier molecular flexibility index (Phi) is 3.44. The highest BCUT2D eigenvalue weighted by Gasteiger charge is 2.14. The second-order valence-electron chi connectivity index (χ2n) is 5.37. The summed E-state index contributed by atoms with van der Waals surface area (Å²) in [5, 5.41) is 7.20. The zero-order chi connectivity index (χ0) is 14.8. The smallest absolute Gasteiger partial charge is 0.153 e. The average molecular weight is 278 g/mol. The molecule has 0 aliphatic heterocycles. The third-order valence-electron chi connectivity index (χ3n) is 3.63. The highest BCUT2D eigenvalue weighted by atomic mass is 15.2. The summed E-state index contributed by atoms with van der Waals surface area (Å²) in [4.78, 5) is 4.05. The van der Waals surface area contributed by atoms with E-state index >= 15 is 0 Å². The Hall–Kier alpha value is -2.62. The van der Waals surface area contributed by atoms with Crippen LogP contribution >= 0.6 is 0 Å². The monoisotopic (exact) mass is 278 g/mol. The van der Waals surface area contributed by atoms with Crippen LogP contribution in [0.3, 0.4) is 0 Å². The molecule has 0 saturated carbocycles. The quantitative estimate of drug-likeness (QED) is 0.764. The number of nitrogens with zero attached hydrogens (tertiary/aromatic N) is 2. The summed E-state index contributed by atoms with van der Waals surface area (Å²) in [6, 6.07) is 12.4. The van der Waals surface area contributed by atoms with Crippen LogP contribution < -0.4 is 5.73 Å². The number of aromatic nitrogens is 3. The lowest BCUT2D eigenvalue weighted by Gasteiger charge is -2.08. The number of hydrogen-bond donors (Lipinski definition) is 2. The Labute approximate surface area is 124 Å². The topological polar surface area (TPSA) is 67.6 Å². The molecular formula is C17H18N4. The van der Waals surface area contributed by atoms with E-state index in [1.807, 2.05) is 12.1 Å². The molecular weight excluding hydrogens is 260 g/mol. The molecule has 4 heteroatoms. The van der Waals surface area contributed by atoms with Gasteiger partial charge in [-0.25, -0.2) is 0 Å². The lowest BCUT2D eigenvalue weighted by molar-refractivity contribution is 0.867. The average Bonchev–Trinajstić information content (AvgIpc) is 2.90. The number of aromatic amines is 1. The zero-order valence-corrected chi connectivity index (χ0v) is 12.2. The normalized spacial score (nSPS) is 11.0. The molecule has 1 aromatic carbocycles. The van der Waals surface area contributed by atoms with E-state index in [1.54, 1.807) is 12.4 Å². The van der Waals surface area contributed by atoms with Crippen molar-refractivity contribution in [3.8, 4) is 22.4 Å². The molecule has 2 aromatic heterocycles. The number of nitrogens with two attached hydrogens (primary N) is 1. The third kappa shape index (κ3) is 2.52. The van der Waals surface area contributed by atoms with Gasteiger partial charge >= 0.3 is 0 Å². The molecule has 106 valence electrons. The van der Waals surface area contributed by atoms with Crippen molar-refractivity contribution in [2.24, 2.45) is 0 Å². The third-order valence-corrected chi connectivity index (χ3v) is 3.63. The first-order valence-corrected chi connectivity index (χ1v) is 7.01. The Bertz CT molecular complexity index is 727. The first-order chi connectivity index (χ1) is 10.2. The van der Waals surface area contributed by atoms with Crippen molar-refractivity contribution in [3.63, 3.8) is 0 Å². The van der Waals surface area contributed by atoms with Gasteiger partial charge < -0.3 is 5.73 Å². The zero-order valence-electron chi connectivity index (χ0n) is 12.2. The maximum atomic E-state index is 6.03. The Morgan fingerprint density at radius 3 is 2.24 bits per heavy atom. The fourth-order valence-corrected chi connectivity index (χ4v) is 2.41. The lowest BCUT2D eigenvalue weighted by atomic mass is 9.98. The van der Waals surface area contributed by atoms with Gasteiger partial charge in [-0.15, -0.1) is 0 Å². The summed E-state index contributed by atoms with van der Waals surface area (Å²) in [5.74, 6) is 1.02. The molecule has 0 amide bonds. The highest BCUT2D eigenvalue weighted by molar-refractivity contribution is 5.87. The van der Waals surface area contributed by atoms with Gasteiger partial charge in [-0.2, -0.15) is 5.10 Å². The van der Waals surface area contributed by atoms with Crippen LogP contribution in [-0.2, 0) is 0 Å². The minimum Gasteiger partial charge on any atom is -0.382 e. The molecule has 3 rings (SSSR count). The van der Waals surface area contributed by atoms with Crippen molar-refractivity contribution in [2.75, 3.05) is 5.73 Å². The summed E-state index contributed by atoms with van der Waals surface area (Å²) in [7, 11) is 0. The molecule has 0 bridgehead atoms. The molecule has 3 N–H and O–H groups in total. The molecule has 0 fully saturated rings. The molecule has 2 heterocycles. The molecule has 4 nitrogen and oxygen atoms in total. The van der Waals surface area contributed by atoms with Gasteiger partial charge in [0.1, 0.15) is 0 Å². The minimum absolute atomic E-state index is 0.504. The van der Waals surface area contributed by atoms with Crippen LogP contribution in [0.15, 0.2) is 48.8 Å². The largest absolute Gasteiger partial charge is 0.382 e. The van der Waals surface area contributed by atoms with Crippen molar-refractivity contribution < 1.29 is 0 Å². The van der Waals surface area contributed by atoms with E-state index in [0.717, 1.165) is 22.4 Å². The van der Waals surface area contributed by atoms with Gasteiger partial charge in [0.25, 0.3) is 0 Å². The molecule has 0 saturated heterocycles. The summed E-state index contributed by atoms with van der Waals surface area (Å²) in [6.07, 6.45) is 3.51. The standard InChI is InChI=1S/C17H18N4/c1-11(2)12-3-5-14(6-4-12)16-15(17(18)21-20-16)13-7-9-19-10-8-13/h3-11H,1-2H3,(H3,18,20,21). The van der Waals surface area contributed by atoms with E-state index in [1.165, 1.54) is 5.56 Å². The van der Waals surface area contributed by atoms with E-state index < -0.39 is 0 Å². The summed E-state index contributed by atoms with van der Waals surface area (Å²) in [6.45, 7) is 4.37. The second kappa shape index (κ2) is 5.40. The van der Waals surface area contributed by atoms with Crippen LogP contribution in [0, 0.1) is 0 Å². The fourth-order valence-electron chi connectivity index (χ4n) is 2.41. The summed E-state index contributed by atoms with van der Waals surface area (Å²) >= 11 is 0. The number of benzene rings is 1. The van der Waals surface area contributed by atoms with Gasteiger partial charge in [0.15, 0.2) is 5.82 Å². The van der Waals surface area contributed by atoms with Crippen LogP contribution in [0.2, 0.25) is 0 Å². The number of nitrogens with one attached hydrogen (secondary N) is 1. The van der Waals surface area contributed by atoms with Gasteiger partial charge in [0.05, 0.1) is 11.3 Å². The number of nitrogen functional groups attached to an aromatic ring is 1. The lowest BCUT2D eigenvalue weighted by Crippen LogP contribution is -1.90. The second-order valence-corrected chi connectivity index (χ2v) is 5.37. The van der Waals surface area contributed by atoms with Gasteiger partial charge in [0, 0.05) is 18.0 Å². The van der Waals surface area contributed by atoms with Gasteiger partial charge in [-0.05, 0) is 29.2 Å². The number of hydrogen-bond acceptors (Lipinski definition) is 3. The highest BCUT2D eigenvalue weighted by Crippen LogP contribution is 2.34. The number of H-pyrrole nitrogens is 1. The van der Waals surface area contributed by atoms with Crippen LogP contribution in [0.5, 0.6) is 0 Å². The van der Waals surface area contributed by atoms with Gasteiger partial charge in [-0.3, -0.25) is 10.1 Å². The van der Waals surface area contributed by atoms with E-state index in [-0.39, 0.29) is 0 Å². The van der Waals surface area contributed by atoms with Crippen molar-refractivity contribution >= 4 is 5.82 Å². The summed E-state index contributed by atoms with van der Waals surface area (Å²) in [5.41, 5.74) is 11.3.